The van der Waals surface area contributed by atoms with Crippen molar-refractivity contribution in [2.45, 2.75) is 51.6 Å². The van der Waals surface area contributed by atoms with E-state index in [4.69, 9.17) is 5.73 Å². The lowest BCUT2D eigenvalue weighted by molar-refractivity contribution is -0.123. The molecule has 0 unspecified atom stereocenters. The van der Waals surface area contributed by atoms with E-state index in [2.05, 4.69) is 11.8 Å². The third-order valence-corrected chi connectivity index (χ3v) is 6.65. The minimum atomic E-state index is -0.282. The number of fused-ring (bicyclic) bond motifs is 2. The van der Waals surface area contributed by atoms with Gasteiger partial charge in [-0.05, 0) is 57.2 Å². The summed E-state index contributed by atoms with van der Waals surface area (Å²) in [6.45, 7) is 4.77. The Kier molecular flexibility index (Phi) is 5.48. The maximum Gasteiger partial charge on any atom is 0.257 e. The zero-order valence-electron chi connectivity index (χ0n) is 17.1. The first-order valence-electron chi connectivity index (χ1n) is 10.8. The number of likely N-dealkylation sites (tertiary alicyclic amines) is 1. The van der Waals surface area contributed by atoms with Crippen LogP contribution >= 0.6 is 0 Å². The van der Waals surface area contributed by atoms with Crippen molar-refractivity contribution in [1.29, 1.82) is 0 Å². The Hall–Kier alpha value is -2.57. The summed E-state index contributed by atoms with van der Waals surface area (Å²) >= 11 is 0. The highest BCUT2D eigenvalue weighted by Crippen LogP contribution is 2.35. The Labute approximate surface area is 171 Å². The Bertz CT molecular complexity index is 816. The van der Waals surface area contributed by atoms with Crippen LogP contribution in [0.15, 0.2) is 18.2 Å². The highest BCUT2D eigenvalue weighted by Gasteiger charge is 2.38. The molecule has 0 saturated carbocycles. The first-order valence-corrected chi connectivity index (χ1v) is 10.8. The van der Waals surface area contributed by atoms with Crippen molar-refractivity contribution in [2.75, 3.05) is 31.1 Å². The third kappa shape index (κ3) is 3.58. The van der Waals surface area contributed by atoms with Crippen LogP contribution in [-0.4, -0.2) is 59.9 Å². The highest BCUT2D eigenvalue weighted by atomic mass is 16.2. The number of hydrogen-bond donors (Lipinski definition) is 1. The second kappa shape index (κ2) is 8.05. The van der Waals surface area contributed by atoms with Gasteiger partial charge in [0.05, 0.1) is 11.3 Å². The van der Waals surface area contributed by atoms with E-state index in [1.165, 1.54) is 0 Å². The topological polar surface area (TPSA) is 87.0 Å². The number of primary amides is 1. The molecule has 2 N–H and O–H groups in total. The third-order valence-electron chi connectivity index (χ3n) is 6.65. The fourth-order valence-electron chi connectivity index (χ4n) is 4.98. The minimum Gasteiger partial charge on any atom is -0.369 e. The summed E-state index contributed by atoms with van der Waals surface area (Å²) in [6.07, 6.45) is 5.60. The van der Waals surface area contributed by atoms with Gasteiger partial charge in [-0.3, -0.25) is 14.4 Å². The van der Waals surface area contributed by atoms with E-state index in [-0.39, 0.29) is 29.8 Å². The summed E-state index contributed by atoms with van der Waals surface area (Å²) in [5, 5.41) is 0. The fraction of sp³-hybridized carbons (Fsp3) is 0.591. The fourth-order valence-corrected chi connectivity index (χ4v) is 4.98. The van der Waals surface area contributed by atoms with Gasteiger partial charge >= 0.3 is 0 Å². The number of carbonyl (C=O) groups is 3. The maximum atomic E-state index is 13.1. The average Bonchev–Trinajstić information content (AvgIpc) is 3.00. The SMILES string of the molecule is CCN1c2cc(C(=O)N3CCC(C(N)=O)CC3)ccc2C(=O)N2CCCCC[C@H]21. The van der Waals surface area contributed by atoms with Crippen LogP contribution in [0.25, 0.3) is 0 Å². The Morgan fingerprint density at radius 2 is 1.83 bits per heavy atom. The molecule has 1 aromatic carbocycles. The molecule has 0 aromatic heterocycles. The van der Waals surface area contributed by atoms with Gasteiger partial charge in [-0.1, -0.05) is 6.42 Å². The summed E-state index contributed by atoms with van der Waals surface area (Å²) in [6, 6.07) is 5.47. The van der Waals surface area contributed by atoms with Gasteiger partial charge < -0.3 is 20.4 Å². The molecule has 1 atom stereocenters. The molecular weight excluding hydrogens is 368 g/mol. The monoisotopic (exact) mass is 398 g/mol. The van der Waals surface area contributed by atoms with Crippen LogP contribution in [0, 0.1) is 5.92 Å². The number of piperidine rings is 1. The van der Waals surface area contributed by atoms with Crippen molar-refractivity contribution in [3.05, 3.63) is 29.3 Å². The molecule has 7 heteroatoms. The average molecular weight is 399 g/mol. The Morgan fingerprint density at radius 1 is 1.07 bits per heavy atom. The van der Waals surface area contributed by atoms with E-state index >= 15 is 0 Å². The van der Waals surface area contributed by atoms with Crippen molar-refractivity contribution in [3.63, 3.8) is 0 Å². The van der Waals surface area contributed by atoms with Crippen LogP contribution in [0.2, 0.25) is 0 Å². The van der Waals surface area contributed by atoms with Crippen LogP contribution in [0.4, 0.5) is 5.69 Å². The lowest BCUT2D eigenvalue weighted by atomic mass is 9.95. The van der Waals surface area contributed by atoms with Gasteiger partial charge in [-0.15, -0.1) is 0 Å². The van der Waals surface area contributed by atoms with Crippen molar-refractivity contribution in [2.24, 2.45) is 11.7 Å². The van der Waals surface area contributed by atoms with Crippen molar-refractivity contribution in [3.8, 4) is 0 Å². The molecule has 0 radical (unpaired) electrons. The lowest BCUT2D eigenvalue weighted by Crippen LogP contribution is -2.55. The molecule has 3 aliphatic heterocycles. The van der Waals surface area contributed by atoms with Gasteiger partial charge in [-0.2, -0.15) is 0 Å². The summed E-state index contributed by atoms with van der Waals surface area (Å²) < 4.78 is 0. The predicted octanol–water partition coefficient (Wildman–Crippen LogP) is 2.21. The van der Waals surface area contributed by atoms with Crippen LogP contribution < -0.4 is 10.6 Å². The van der Waals surface area contributed by atoms with Gasteiger partial charge in [0.2, 0.25) is 5.91 Å². The largest absolute Gasteiger partial charge is 0.369 e. The summed E-state index contributed by atoms with van der Waals surface area (Å²) in [5.74, 6) is -0.381. The second-order valence-corrected chi connectivity index (χ2v) is 8.32. The number of nitrogens with zero attached hydrogens (tertiary/aromatic N) is 3. The molecule has 7 nitrogen and oxygen atoms in total. The van der Waals surface area contributed by atoms with Crippen molar-refractivity contribution < 1.29 is 14.4 Å². The van der Waals surface area contributed by atoms with Crippen LogP contribution in [0.5, 0.6) is 0 Å². The molecule has 29 heavy (non-hydrogen) atoms. The molecule has 2 saturated heterocycles. The molecule has 3 heterocycles. The molecule has 0 bridgehead atoms. The number of benzene rings is 1. The predicted molar refractivity (Wildman–Crippen MR) is 111 cm³/mol. The Morgan fingerprint density at radius 3 is 2.52 bits per heavy atom. The molecule has 4 rings (SSSR count). The van der Waals surface area contributed by atoms with Gasteiger partial charge in [0.1, 0.15) is 6.17 Å². The number of anilines is 1. The van der Waals surface area contributed by atoms with Gasteiger partial charge in [0, 0.05) is 37.7 Å². The zero-order valence-corrected chi connectivity index (χ0v) is 17.1. The Balaban J connectivity index is 1.59. The van der Waals surface area contributed by atoms with Crippen molar-refractivity contribution in [1.82, 2.24) is 9.80 Å². The number of hydrogen-bond acceptors (Lipinski definition) is 4. The second-order valence-electron chi connectivity index (χ2n) is 8.32. The van der Waals surface area contributed by atoms with Crippen LogP contribution in [-0.2, 0) is 4.79 Å². The van der Waals surface area contributed by atoms with E-state index in [1.54, 1.807) is 11.0 Å². The first kappa shape index (κ1) is 19.7. The minimum absolute atomic E-state index is 0.0393. The smallest absolute Gasteiger partial charge is 0.257 e. The maximum absolute atomic E-state index is 13.1. The van der Waals surface area contributed by atoms with Crippen molar-refractivity contribution >= 4 is 23.4 Å². The molecule has 156 valence electrons. The molecule has 2 fully saturated rings. The summed E-state index contributed by atoms with van der Waals surface area (Å²) in [5.41, 5.74) is 7.57. The number of nitrogens with two attached hydrogens (primary N) is 1. The van der Waals surface area contributed by atoms with Crippen LogP contribution in [0.1, 0.15) is 66.2 Å². The summed E-state index contributed by atoms with van der Waals surface area (Å²) in [7, 11) is 0. The normalized spacial score (nSPS) is 22.7. The van der Waals surface area contributed by atoms with E-state index in [0.29, 0.717) is 37.1 Å². The molecular formula is C22H30N4O3. The number of carbonyl (C=O) groups excluding carboxylic acids is 3. The number of amides is 3. The molecule has 3 aliphatic rings. The molecule has 0 spiro atoms. The van der Waals surface area contributed by atoms with Crippen LogP contribution in [0.3, 0.4) is 0 Å². The van der Waals surface area contributed by atoms with E-state index in [1.807, 2.05) is 17.0 Å². The first-order chi connectivity index (χ1) is 14.0. The lowest BCUT2D eigenvalue weighted by Gasteiger charge is -2.45. The van der Waals surface area contributed by atoms with E-state index < -0.39 is 0 Å². The van der Waals surface area contributed by atoms with Gasteiger partial charge in [0.15, 0.2) is 0 Å². The molecule has 1 aromatic rings. The standard InChI is InChI=1S/C22H30N4O3/c1-2-25-18-14-16(21(28)24-12-9-15(10-13-24)20(23)27)7-8-17(18)22(29)26-11-5-3-4-6-19(25)26/h7-8,14-15,19H,2-6,9-13H2,1H3,(H2,23,27)/t19-/m0/s1. The zero-order chi connectivity index (χ0) is 20.5. The van der Waals surface area contributed by atoms with E-state index in [0.717, 1.165) is 44.5 Å². The summed E-state index contributed by atoms with van der Waals surface area (Å²) in [4.78, 5) is 43.6. The molecule has 0 aliphatic carbocycles. The van der Waals surface area contributed by atoms with Gasteiger partial charge in [-0.25, -0.2) is 0 Å². The quantitative estimate of drug-likeness (QED) is 0.846. The highest BCUT2D eigenvalue weighted by molar-refractivity contribution is 6.04. The van der Waals surface area contributed by atoms with Gasteiger partial charge in [0.25, 0.3) is 11.8 Å². The molecule has 3 amide bonds. The van der Waals surface area contributed by atoms with E-state index in [9.17, 15) is 14.4 Å². The number of rotatable bonds is 3.